The van der Waals surface area contributed by atoms with E-state index >= 15 is 0 Å². The van der Waals surface area contributed by atoms with Crippen LogP contribution in [0.25, 0.3) is 0 Å². The first-order valence-electron chi connectivity index (χ1n) is 5.47. The molecule has 1 aromatic rings. The SMILES string of the molecule is Brc1cc(NC2CCCCC2)ccc1I. The van der Waals surface area contributed by atoms with Crippen molar-refractivity contribution in [2.45, 2.75) is 38.1 Å². The van der Waals surface area contributed by atoms with Crippen molar-refractivity contribution in [2.24, 2.45) is 0 Å². The van der Waals surface area contributed by atoms with Crippen LogP contribution in [0.2, 0.25) is 0 Å². The zero-order valence-electron chi connectivity index (χ0n) is 8.60. The van der Waals surface area contributed by atoms with E-state index in [1.807, 2.05) is 0 Å². The van der Waals surface area contributed by atoms with Gasteiger partial charge in [0.15, 0.2) is 0 Å². The summed E-state index contributed by atoms with van der Waals surface area (Å²) < 4.78 is 2.45. The number of anilines is 1. The molecule has 0 radical (unpaired) electrons. The highest BCUT2D eigenvalue weighted by Crippen LogP contribution is 2.26. The van der Waals surface area contributed by atoms with E-state index in [1.54, 1.807) is 0 Å². The van der Waals surface area contributed by atoms with Gasteiger partial charge in [0.2, 0.25) is 0 Å². The quantitative estimate of drug-likeness (QED) is 0.728. The van der Waals surface area contributed by atoms with Gasteiger partial charge in [0.1, 0.15) is 0 Å². The molecule has 82 valence electrons. The van der Waals surface area contributed by atoms with Crippen LogP contribution in [0.5, 0.6) is 0 Å². The van der Waals surface area contributed by atoms with Crippen molar-refractivity contribution in [3.63, 3.8) is 0 Å². The van der Waals surface area contributed by atoms with E-state index in [0.717, 1.165) is 0 Å². The second kappa shape index (κ2) is 5.53. The molecule has 3 heteroatoms. The summed E-state index contributed by atoms with van der Waals surface area (Å²) in [6, 6.07) is 7.18. The summed E-state index contributed by atoms with van der Waals surface area (Å²) in [7, 11) is 0. The van der Waals surface area contributed by atoms with Crippen molar-refractivity contribution >= 4 is 44.2 Å². The molecule has 0 aromatic heterocycles. The molecular weight excluding hydrogens is 365 g/mol. The van der Waals surface area contributed by atoms with Crippen molar-refractivity contribution < 1.29 is 0 Å². The second-order valence-electron chi connectivity index (χ2n) is 4.11. The van der Waals surface area contributed by atoms with Crippen molar-refractivity contribution in [1.82, 2.24) is 0 Å². The Morgan fingerprint density at radius 1 is 1.20 bits per heavy atom. The van der Waals surface area contributed by atoms with Crippen molar-refractivity contribution in [1.29, 1.82) is 0 Å². The topological polar surface area (TPSA) is 12.0 Å². The van der Waals surface area contributed by atoms with Crippen molar-refractivity contribution in [2.75, 3.05) is 5.32 Å². The first-order chi connectivity index (χ1) is 7.25. The minimum atomic E-state index is 0.686. The lowest BCUT2D eigenvalue weighted by atomic mass is 9.95. The third-order valence-electron chi connectivity index (χ3n) is 2.90. The zero-order chi connectivity index (χ0) is 10.7. The van der Waals surface area contributed by atoms with Crippen LogP contribution in [-0.4, -0.2) is 6.04 Å². The molecule has 0 atom stereocenters. The maximum Gasteiger partial charge on any atom is 0.0354 e. The number of hydrogen-bond acceptors (Lipinski definition) is 1. The van der Waals surface area contributed by atoms with Gasteiger partial charge in [-0.25, -0.2) is 0 Å². The van der Waals surface area contributed by atoms with Crippen LogP contribution < -0.4 is 5.32 Å². The molecule has 1 N–H and O–H groups in total. The molecule has 1 fully saturated rings. The van der Waals surface area contributed by atoms with Gasteiger partial charge in [0.05, 0.1) is 0 Å². The van der Waals surface area contributed by atoms with Crippen LogP contribution in [0.3, 0.4) is 0 Å². The molecule has 0 bridgehead atoms. The lowest BCUT2D eigenvalue weighted by Gasteiger charge is -2.24. The Morgan fingerprint density at radius 2 is 1.93 bits per heavy atom. The van der Waals surface area contributed by atoms with Crippen LogP contribution in [0, 0.1) is 3.57 Å². The van der Waals surface area contributed by atoms with Crippen LogP contribution >= 0.6 is 38.5 Å². The van der Waals surface area contributed by atoms with Gasteiger partial charge in [-0.15, -0.1) is 0 Å². The molecule has 1 saturated carbocycles. The van der Waals surface area contributed by atoms with Gasteiger partial charge in [0.25, 0.3) is 0 Å². The van der Waals surface area contributed by atoms with E-state index in [4.69, 9.17) is 0 Å². The van der Waals surface area contributed by atoms with Gasteiger partial charge >= 0.3 is 0 Å². The number of nitrogens with one attached hydrogen (secondary N) is 1. The second-order valence-corrected chi connectivity index (χ2v) is 6.12. The van der Waals surface area contributed by atoms with Crippen LogP contribution in [0.15, 0.2) is 22.7 Å². The number of rotatable bonds is 2. The maximum absolute atomic E-state index is 3.62. The van der Waals surface area contributed by atoms with Gasteiger partial charge in [-0.05, 0) is 69.6 Å². The monoisotopic (exact) mass is 379 g/mol. The highest BCUT2D eigenvalue weighted by molar-refractivity contribution is 14.1. The summed E-state index contributed by atoms with van der Waals surface area (Å²) in [6.45, 7) is 0. The smallest absolute Gasteiger partial charge is 0.0354 e. The third kappa shape index (κ3) is 3.34. The molecule has 15 heavy (non-hydrogen) atoms. The normalized spacial score (nSPS) is 17.7. The third-order valence-corrected chi connectivity index (χ3v) is 5.23. The van der Waals surface area contributed by atoms with Crippen molar-refractivity contribution in [3.8, 4) is 0 Å². The molecule has 1 aliphatic carbocycles. The molecule has 1 aliphatic rings. The molecule has 0 saturated heterocycles. The van der Waals surface area contributed by atoms with E-state index in [0.29, 0.717) is 6.04 Å². The fraction of sp³-hybridized carbons (Fsp3) is 0.500. The predicted molar refractivity (Wildman–Crippen MR) is 77.4 cm³/mol. The Morgan fingerprint density at radius 3 is 2.60 bits per heavy atom. The summed E-state index contributed by atoms with van der Waals surface area (Å²) in [5.74, 6) is 0. The molecule has 1 nitrogen and oxygen atoms in total. The van der Waals surface area contributed by atoms with E-state index in [-0.39, 0.29) is 0 Å². The Bertz CT molecular complexity index is 334. The van der Waals surface area contributed by atoms with Gasteiger partial charge in [-0.3, -0.25) is 0 Å². The zero-order valence-corrected chi connectivity index (χ0v) is 12.3. The molecule has 0 spiro atoms. The Hall–Kier alpha value is 0.230. The molecular formula is C12H15BrIN. The molecule has 0 unspecified atom stereocenters. The van der Waals surface area contributed by atoms with Gasteiger partial charge in [-0.2, -0.15) is 0 Å². The number of hydrogen-bond donors (Lipinski definition) is 1. The number of halogens is 2. The number of benzene rings is 1. The Balaban J connectivity index is 2.00. The lowest BCUT2D eigenvalue weighted by Crippen LogP contribution is -2.22. The first kappa shape index (κ1) is 11.7. The van der Waals surface area contributed by atoms with Gasteiger partial charge < -0.3 is 5.32 Å². The average Bonchev–Trinajstić information content (AvgIpc) is 2.25. The van der Waals surface area contributed by atoms with Gasteiger partial charge in [-0.1, -0.05) is 19.3 Å². The Kier molecular flexibility index (Phi) is 4.31. The van der Waals surface area contributed by atoms with Crippen LogP contribution in [0.1, 0.15) is 32.1 Å². The summed E-state index contributed by atoms with van der Waals surface area (Å²) in [5.41, 5.74) is 1.24. The highest BCUT2D eigenvalue weighted by atomic mass is 127. The lowest BCUT2D eigenvalue weighted by molar-refractivity contribution is 0.463. The average molecular weight is 380 g/mol. The minimum absolute atomic E-state index is 0.686. The molecule has 0 amide bonds. The summed E-state index contributed by atoms with van der Waals surface area (Å²) in [6.07, 6.45) is 6.81. The molecule has 1 aromatic carbocycles. The molecule has 0 heterocycles. The largest absolute Gasteiger partial charge is 0.382 e. The Labute approximate surface area is 113 Å². The van der Waals surface area contributed by atoms with Crippen LogP contribution in [-0.2, 0) is 0 Å². The van der Waals surface area contributed by atoms with E-state index in [2.05, 4.69) is 62.0 Å². The van der Waals surface area contributed by atoms with E-state index < -0.39 is 0 Å². The van der Waals surface area contributed by atoms with Crippen LogP contribution in [0.4, 0.5) is 5.69 Å². The maximum atomic E-state index is 3.62. The molecule has 2 rings (SSSR count). The summed E-state index contributed by atoms with van der Waals surface area (Å²) >= 11 is 5.90. The predicted octanol–water partition coefficient (Wildman–Crippen LogP) is 4.80. The standard InChI is InChI=1S/C12H15BrIN/c13-11-8-10(6-7-12(11)14)15-9-4-2-1-3-5-9/h6-9,15H,1-5H2. The van der Waals surface area contributed by atoms with Gasteiger partial charge in [0, 0.05) is 19.8 Å². The van der Waals surface area contributed by atoms with E-state index in [9.17, 15) is 0 Å². The van der Waals surface area contributed by atoms with Crippen molar-refractivity contribution in [3.05, 3.63) is 26.2 Å². The fourth-order valence-electron chi connectivity index (χ4n) is 2.07. The molecule has 0 aliphatic heterocycles. The minimum Gasteiger partial charge on any atom is -0.382 e. The summed E-state index contributed by atoms with van der Waals surface area (Å²) in [4.78, 5) is 0. The summed E-state index contributed by atoms with van der Waals surface area (Å²) in [5, 5.41) is 3.62. The fourth-order valence-corrected chi connectivity index (χ4v) is 2.78. The highest BCUT2D eigenvalue weighted by Gasteiger charge is 2.12. The first-order valence-corrected chi connectivity index (χ1v) is 7.34. The van der Waals surface area contributed by atoms with E-state index in [1.165, 1.54) is 45.8 Å².